The van der Waals surface area contributed by atoms with E-state index >= 15 is 0 Å². The Morgan fingerprint density at radius 2 is 2.14 bits per heavy atom. The number of thiophene rings is 1. The third kappa shape index (κ3) is 3.73. The summed E-state index contributed by atoms with van der Waals surface area (Å²) in [5.74, 6) is 0.0339. The summed E-state index contributed by atoms with van der Waals surface area (Å²) in [4.78, 5) is 18.3. The molecule has 0 atom stereocenters. The van der Waals surface area contributed by atoms with Gasteiger partial charge in [0.25, 0.3) is 5.91 Å². The molecule has 1 amide bonds. The second-order valence-electron chi connectivity index (χ2n) is 4.80. The molecule has 2 saturated heterocycles. The van der Waals surface area contributed by atoms with Gasteiger partial charge in [-0.3, -0.25) is 14.6 Å². The lowest BCUT2D eigenvalue weighted by Gasteiger charge is -2.28. The van der Waals surface area contributed by atoms with E-state index in [0.29, 0.717) is 10.9 Å². The highest BCUT2D eigenvalue weighted by Crippen LogP contribution is 2.33. The first kappa shape index (κ1) is 15.2. The molecule has 0 N–H and O–H groups in total. The van der Waals surface area contributed by atoms with Crippen molar-refractivity contribution in [2.75, 3.05) is 39.4 Å². The molecule has 7 heteroatoms. The summed E-state index contributed by atoms with van der Waals surface area (Å²) in [6.45, 7) is 4.92. The van der Waals surface area contributed by atoms with E-state index < -0.39 is 0 Å². The van der Waals surface area contributed by atoms with Gasteiger partial charge in [-0.05, 0) is 17.5 Å². The monoisotopic (exact) mass is 340 g/mol. The van der Waals surface area contributed by atoms with Gasteiger partial charge >= 0.3 is 0 Å². The molecular weight excluding hydrogens is 324 g/mol. The fourth-order valence-corrected chi connectivity index (χ4v) is 4.29. The summed E-state index contributed by atoms with van der Waals surface area (Å²) in [5.41, 5.74) is 0. The molecule has 1 aromatic rings. The van der Waals surface area contributed by atoms with Gasteiger partial charge in [0, 0.05) is 31.1 Å². The van der Waals surface area contributed by atoms with Gasteiger partial charge in [-0.15, -0.1) is 11.3 Å². The smallest absolute Gasteiger partial charge is 0.266 e. The Kier molecular flexibility index (Phi) is 5.07. The lowest BCUT2D eigenvalue weighted by molar-refractivity contribution is -0.122. The summed E-state index contributed by atoms with van der Waals surface area (Å²) in [6, 6.07) is 3.99. The van der Waals surface area contributed by atoms with E-state index in [2.05, 4.69) is 4.90 Å². The molecule has 4 nitrogen and oxygen atoms in total. The number of thioether (sulfide) groups is 1. The number of thiocarbonyl (C=S) groups is 1. The van der Waals surface area contributed by atoms with Crippen molar-refractivity contribution in [3.63, 3.8) is 0 Å². The zero-order valence-electron chi connectivity index (χ0n) is 11.5. The van der Waals surface area contributed by atoms with Gasteiger partial charge in [-0.25, -0.2) is 0 Å². The molecular formula is C14H16N2O2S3. The zero-order valence-corrected chi connectivity index (χ0v) is 13.9. The molecule has 0 bridgehead atoms. The zero-order chi connectivity index (χ0) is 14.7. The number of hydrogen-bond acceptors (Lipinski definition) is 6. The standard InChI is InChI=1S/C14H16N2O2S3/c17-13-12(10-11-2-1-9-20-11)21-14(19)16(13)4-3-15-5-7-18-8-6-15/h1-2,9-10H,3-8H2/b12-10-. The van der Waals surface area contributed by atoms with Crippen molar-refractivity contribution in [1.82, 2.24) is 9.80 Å². The summed E-state index contributed by atoms with van der Waals surface area (Å²) >= 11 is 8.37. The quantitative estimate of drug-likeness (QED) is 0.620. The van der Waals surface area contributed by atoms with Crippen LogP contribution in [-0.2, 0) is 9.53 Å². The number of nitrogens with zero attached hydrogens (tertiary/aromatic N) is 2. The van der Waals surface area contributed by atoms with Gasteiger partial charge in [-0.1, -0.05) is 30.0 Å². The van der Waals surface area contributed by atoms with Gasteiger partial charge in [-0.2, -0.15) is 0 Å². The van der Waals surface area contributed by atoms with Gasteiger partial charge in [0.2, 0.25) is 0 Å². The number of rotatable bonds is 4. The molecule has 2 aliphatic heterocycles. The lowest BCUT2D eigenvalue weighted by atomic mass is 10.3. The Morgan fingerprint density at radius 3 is 2.86 bits per heavy atom. The van der Waals surface area contributed by atoms with Crippen LogP contribution in [-0.4, -0.2) is 59.4 Å². The molecule has 0 unspecified atom stereocenters. The van der Waals surface area contributed by atoms with Crippen LogP contribution in [0.5, 0.6) is 0 Å². The molecule has 0 spiro atoms. The molecule has 0 saturated carbocycles. The summed E-state index contributed by atoms with van der Waals surface area (Å²) < 4.78 is 5.99. The van der Waals surface area contributed by atoms with Crippen LogP contribution in [0.4, 0.5) is 0 Å². The summed E-state index contributed by atoms with van der Waals surface area (Å²) in [6.07, 6.45) is 1.93. The van der Waals surface area contributed by atoms with Crippen LogP contribution < -0.4 is 0 Å². The van der Waals surface area contributed by atoms with E-state index in [1.165, 1.54) is 11.8 Å². The predicted molar refractivity (Wildman–Crippen MR) is 91.5 cm³/mol. The van der Waals surface area contributed by atoms with Gasteiger partial charge in [0.05, 0.1) is 18.1 Å². The van der Waals surface area contributed by atoms with E-state index in [1.807, 2.05) is 23.6 Å². The molecule has 0 radical (unpaired) electrons. The number of amides is 1. The molecule has 21 heavy (non-hydrogen) atoms. The van der Waals surface area contributed by atoms with Crippen molar-refractivity contribution < 1.29 is 9.53 Å². The van der Waals surface area contributed by atoms with Gasteiger partial charge in [0.1, 0.15) is 4.32 Å². The van der Waals surface area contributed by atoms with E-state index in [-0.39, 0.29) is 5.91 Å². The van der Waals surface area contributed by atoms with E-state index in [0.717, 1.165) is 42.6 Å². The SMILES string of the molecule is O=C1/C(=C/c2cccs2)SC(=S)N1CCN1CCOCC1. The molecule has 0 aliphatic carbocycles. The van der Waals surface area contributed by atoms with Crippen molar-refractivity contribution in [2.45, 2.75) is 0 Å². The first-order chi connectivity index (χ1) is 10.2. The Morgan fingerprint density at radius 1 is 1.33 bits per heavy atom. The average Bonchev–Trinajstić information content (AvgIpc) is 3.09. The lowest BCUT2D eigenvalue weighted by Crippen LogP contribution is -2.42. The van der Waals surface area contributed by atoms with Crippen molar-refractivity contribution >= 4 is 51.6 Å². The maximum atomic E-state index is 12.4. The molecule has 1 aromatic heterocycles. The highest BCUT2D eigenvalue weighted by Gasteiger charge is 2.32. The fourth-order valence-electron chi connectivity index (χ4n) is 2.26. The van der Waals surface area contributed by atoms with Gasteiger partial charge in [0.15, 0.2) is 0 Å². The maximum Gasteiger partial charge on any atom is 0.266 e. The maximum absolute atomic E-state index is 12.4. The minimum atomic E-state index is 0.0339. The molecule has 112 valence electrons. The van der Waals surface area contributed by atoms with Crippen LogP contribution in [0.15, 0.2) is 22.4 Å². The highest BCUT2D eigenvalue weighted by atomic mass is 32.2. The first-order valence-corrected chi connectivity index (χ1v) is 8.93. The second-order valence-corrected chi connectivity index (χ2v) is 7.46. The first-order valence-electron chi connectivity index (χ1n) is 6.83. The van der Waals surface area contributed by atoms with Crippen molar-refractivity contribution in [2.24, 2.45) is 0 Å². The molecule has 2 aliphatic rings. The number of carbonyl (C=O) groups excluding carboxylic acids is 1. The van der Waals surface area contributed by atoms with E-state index in [9.17, 15) is 4.79 Å². The van der Waals surface area contributed by atoms with Crippen LogP contribution in [0.1, 0.15) is 4.88 Å². The van der Waals surface area contributed by atoms with Gasteiger partial charge < -0.3 is 4.74 Å². The minimum Gasteiger partial charge on any atom is -0.379 e. The molecule has 3 rings (SSSR count). The second kappa shape index (κ2) is 7.02. The van der Waals surface area contributed by atoms with Crippen LogP contribution in [0.3, 0.4) is 0 Å². The predicted octanol–water partition coefficient (Wildman–Crippen LogP) is 2.28. The average molecular weight is 340 g/mol. The Bertz CT molecular complexity index is 551. The topological polar surface area (TPSA) is 32.8 Å². The summed E-state index contributed by atoms with van der Waals surface area (Å²) in [5, 5.41) is 2.00. The third-order valence-electron chi connectivity index (χ3n) is 3.43. The third-order valence-corrected chi connectivity index (χ3v) is 5.63. The Balaban J connectivity index is 1.61. The Labute approximate surface area is 137 Å². The number of morpholine rings is 1. The van der Waals surface area contributed by atoms with Crippen molar-refractivity contribution in [1.29, 1.82) is 0 Å². The highest BCUT2D eigenvalue weighted by molar-refractivity contribution is 8.26. The van der Waals surface area contributed by atoms with Crippen LogP contribution in [0.25, 0.3) is 6.08 Å². The van der Waals surface area contributed by atoms with Crippen molar-refractivity contribution in [3.05, 3.63) is 27.3 Å². The molecule has 0 aromatic carbocycles. The minimum absolute atomic E-state index is 0.0339. The normalized spacial score (nSPS) is 22.5. The number of carbonyl (C=O) groups is 1. The Hall–Kier alpha value is -0.730. The molecule has 2 fully saturated rings. The number of ether oxygens (including phenoxy) is 1. The van der Waals surface area contributed by atoms with Crippen LogP contribution in [0, 0.1) is 0 Å². The largest absolute Gasteiger partial charge is 0.379 e. The molecule has 3 heterocycles. The van der Waals surface area contributed by atoms with Crippen LogP contribution in [0.2, 0.25) is 0 Å². The fraction of sp³-hybridized carbons (Fsp3) is 0.429. The van der Waals surface area contributed by atoms with E-state index in [4.69, 9.17) is 17.0 Å². The van der Waals surface area contributed by atoms with E-state index in [1.54, 1.807) is 16.2 Å². The van der Waals surface area contributed by atoms with Crippen LogP contribution >= 0.6 is 35.3 Å². The van der Waals surface area contributed by atoms with Crippen molar-refractivity contribution in [3.8, 4) is 0 Å². The summed E-state index contributed by atoms with van der Waals surface area (Å²) in [7, 11) is 0. The number of hydrogen-bond donors (Lipinski definition) is 0.